The quantitative estimate of drug-likeness (QED) is 0.874. The van der Waals surface area contributed by atoms with Crippen LogP contribution in [0.1, 0.15) is 39.4 Å². The van der Waals surface area contributed by atoms with E-state index in [0.717, 1.165) is 25.5 Å². The third kappa shape index (κ3) is 3.54. The molecular weight excluding hydrogens is 238 g/mol. The number of rotatable bonds is 5. The summed E-state index contributed by atoms with van der Waals surface area (Å²) in [7, 11) is 1.97. The molecule has 0 radical (unpaired) electrons. The van der Waals surface area contributed by atoms with Gasteiger partial charge in [-0.1, -0.05) is 27.2 Å². The zero-order chi connectivity index (χ0) is 13.8. The van der Waals surface area contributed by atoms with Crippen molar-refractivity contribution in [3.05, 3.63) is 12.2 Å². The van der Waals surface area contributed by atoms with Gasteiger partial charge in [-0.2, -0.15) is 5.10 Å². The van der Waals surface area contributed by atoms with Gasteiger partial charge in [0.15, 0.2) is 0 Å². The Morgan fingerprint density at radius 1 is 1.47 bits per heavy atom. The number of piperazine rings is 1. The van der Waals surface area contributed by atoms with Crippen LogP contribution in [-0.4, -0.2) is 44.8 Å². The van der Waals surface area contributed by atoms with Gasteiger partial charge in [0.05, 0.1) is 6.54 Å². The molecule has 2 unspecified atom stereocenters. The molecule has 2 atom stereocenters. The minimum absolute atomic E-state index is 0.588. The average molecular weight is 265 g/mol. The molecule has 2 heterocycles. The first-order chi connectivity index (χ1) is 9.11. The zero-order valence-electron chi connectivity index (χ0n) is 12.6. The fourth-order valence-electron chi connectivity index (χ4n) is 2.93. The molecule has 0 amide bonds. The van der Waals surface area contributed by atoms with E-state index in [4.69, 9.17) is 0 Å². The van der Waals surface area contributed by atoms with Gasteiger partial charge in [-0.3, -0.25) is 9.58 Å². The van der Waals surface area contributed by atoms with Gasteiger partial charge >= 0.3 is 0 Å². The highest BCUT2D eigenvalue weighted by molar-refractivity contribution is 4.92. The molecule has 1 aliphatic heterocycles. The van der Waals surface area contributed by atoms with Crippen LogP contribution >= 0.6 is 0 Å². The summed E-state index contributed by atoms with van der Waals surface area (Å²) >= 11 is 0. The van der Waals surface area contributed by atoms with Gasteiger partial charge in [-0.15, -0.1) is 0 Å². The third-order valence-electron chi connectivity index (χ3n) is 4.10. The SMILES string of the molecule is CCCC1CN(Cc2ncnn2C)C(C(C)C)CN1. The first kappa shape index (κ1) is 14.5. The summed E-state index contributed by atoms with van der Waals surface area (Å²) in [5, 5.41) is 7.86. The van der Waals surface area contributed by atoms with E-state index in [0.29, 0.717) is 18.0 Å². The Bertz CT molecular complexity index is 387. The Balaban J connectivity index is 2.05. The number of nitrogens with zero attached hydrogens (tertiary/aromatic N) is 4. The minimum Gasteiger partial charge on any atom is -0.311 e. The lowest BCUT2D eigenvalue weighted by Gasteiger charge is -2.42. The lowest BCUT2D eigenvalue weighted by molar-refractivity contribution is 0.0848. The van der Waals surface area contributed by atoms with Crippen LogP contribution in [0.4, 0.5) is 0 Å². The van der Waals surface area contributed by atoms with Crippen molar-refractivity contribution in [1.82, 2.24) is 25.0 Å². The molecule has 1 saturated heterocycles. The number of hydrogen-bond donors (Lipinski definition) is 1. The maximum atomic E-state index is 4.36. The van der Waals surface area contributed by atoms with E-state index in [1.807, 2.05) is 11.7 Å². The van der Waals surface area contributed by atoms with E-state index in [1.165, 1.54) is 12.8 Å². The molecule has 1 aliphatic rings. The van der Waals surface area contributed by atoms with Crippen LogP contribution < -0.4 is 5.32 Å². The second-order valence-electron chi connectivity index (χ2n) is 5.93. The van der Waals surface area contributed by atoms with Crippen LogP contribution in [0, 0.1) is 5.92 Å². The predicted molar refractivity (Wildman–Crippen MR) is 76.7 cm³/mol. The Morgan fingerprint density at radius 3 is 2.84 bits per heavy atom. The molecule has 0 saturated carbocycles. The minimum atomic E-state index is 0.588. The van der Waals surface area contributed by atoms with Crippen LogP contribution in [0.5, 0.6) is 0 Å². The maximum absolute atomic E-state index is 4.36. The highest BCUT2D eigenvalue weighted by Gasteiger charge is 2.30. The van der Waals surface area contributed by atoms with Crippen molar-refractivity contribution in [2.45, 2.75) is 52.2 Å². The monoisotopic (exact) mass is 265 g/mol. The van der Waals surface area contributed by atoms with Gasteiger partial charge in [0, 0.05) is 32.2 Å². The average Bonchev–Trinajstić information content (AvgIpc) is 2.75. The Morgan fingerprint density at radius 2 is 2.26 bits per heavy atom. The van der Waals surface area contributed by atoms with Gasteiger partial charge in [0.25, 0.3) is 0 Å². The molecule has 1 N–H and O–H groups in total. The summed E-state index contributed by atoms with van der Waals surface area (Å²) in [6.45, 7) is 9.96. The Kier molecular flexibility index (Phi) is 4.93. The van der Waals surface area contributed by atoms with Crippen molar-refractivity contribution in [1.29, 1.82) is 0 Å². The summed E-state index contributed by atoms with van der Waals surface area (Å²) in [6, 6.07) is 1.21. The fourth-order valence-corrected chi connectivity index (χ4v) is 2.93. The number of aromatic nitrogens is 3. The van der Waals surface area contributed by atoms with E-state index in [9.17, 15) is 0 Å². The normalized spacial score (nSPS) is 25.1. The van der Waals surface area contributed by atoms with Gasteiger partial charge in [0.2, 0.25) is 0 Å². The summed E-state index contributed by atoms with van der Waals surface area (Å²) in [5.74, 6) is 1.71. The Labute approximate surface area is 116 Å². The van der Waals surface area contributed by atoms with E-state index in [1.54, 1.807) is 6.33 Å². The lowest BCUT2D eigenvalue weighted by atomic mass is 9.97. The second-order valence-corrected chi connectivity index (χ2v) is 5.93. The number of aryl methyl sites for hydroxylation is 1. The number of hydrogen-bond acceptors (Lipinski definition) is 4. The van der Waals surface area contributed by atoms with Crippen molar-refractivity contribution in [3.63, 3.8) is 0 Å². The smallest absolute Gasteiger partial charge is 0.140 e. The molecule has 2 rings (SSSR count). The molecule has 0 aromatic carbocycles. The van der Waals surface area contributed by atoms with Crippen molar-refractivity contribution in [3.8, 4) is 0 Å². The van der Waals surface area contributed by atoms with Crippen molar-refractivity contribution < 1.29 is 0 Å². The van der Waals surface area contributed by atoms with Gasteiger partial charge in [0.1, 0.15) is 12.2 Å². The first-order valence-electron chi connectivity index (χ1n) is 7.42. The summed E-state index contributed by atoms with van der Waals surface area (Å²) < 4.78 is 1.88. The standard InChI is InChI=1S/C14H27N5/c1-5-6-12-8-19(13(7-15-12)11(2)3)9-14-16-10-17-18(14)4/h10-13,15H,5-9H2,1-4H3. The molecule has 1 aromatic rings. The largest absolute Gasteiger partial charge is 0.311 e. The van der Waals surface area contributed by atoms with Gasteiger partial charge < -0.3 is 5.32 Å². The van der Waals surface area contributed by atoms with E-state index in [2.05, 4.69) is 41.1 Å². The van der Waals surface area contributed by atoms with E-state index >= 15 is 0 Å². The van der Waals surface area contributed by atoms with E-state index < -0.39 is 0 Å². The fraction of sp³-hybridized carbons (Fsp3) is 0.857. The van der Waals surface area contributed by atoms with Crippen LogP contribution in [0.25, 0.3) is 0 Å². The zero-order valence-corrected chi connectivity index (χ0v) is 12.6. The molecule has 5 nitrogen and oxygen atoms in total. The van der Waals surface area contributed by atoms with Crippen molar-refractivity contribution in [2.24, 2.45) is 13.0 Å². The topological polar surface area (TPSA) is 46.0 Å². The molecular formula is C14H27N5. The molecule has 0 aliphatic carbocycles. The predicted octanol–water partition coefficient (Wildman–Crippen LogP) is 1.41. The van der Waals surface area contributed by atoms with Gasteiger partial charge in [-0.05, 0) is 12.3 Å². The summed E-state index contributed by atoms with van der Waals surface area (Å²) in [4.78, 5) is 6.94. The molecule has 1 aromatic heterocycles. The molecule has 5 heteroatoms. The molecule has 1 fully saturated rings. The molecule has 0 bridgehead atoms. The van der Waals surface area contributed by atoms with Crippen LogP contribution in [0.2, 0.25) is 0 Å². The third-order valence-corrected chi connectivity index (χ3v) is 4.10. The van der Waals surface area contributed by atoms with Crippen LogP contribution in [0.15, 0.2) is 6.33 Å². The van der Waals surface area contributed by atoms with Crippen LogP contribution in [-0.2, 0) is 13.6 Å². The first-order valence-corrected chi connectivity index (χ1v) is 7.42. The van der Waals surface area contributed by atoms with E-state index in [-0.39, 0.29) is 0 Å². The molecule has 0 spiro atoms. The van der Waals surface area contributed by atoms with Gasteiger partial charge in [-0.25, -0.2) is 4.98 Å². The van der Waals surface area contributed by atoms with Crippen molar-refractivity contribution in [2.75, 3.05) is 13.1 Å². The number of nitrogens with one attached hydrogen (secondary N) is 1. The van der Waals surface area contributed by atoms with Crippen LogP contribution in [0.3, 0.4) is 0 Å². The Hall–Kier alpha value is -0.940. The maximum Gasteiger partial charge on any atom is 0.140 e. The highest BCUT2D eigenvalue weighted by Crippen LogP contribution is 2.18. The summed E-state index contributed by atoms with van der Waals surface area (Å²) in [5.41, 5.74) is 0. The molecule has 108 valence electrons. The molecule has 19 heavy (non-hydrogen) atoms. The van der Waals surface area contributed by atoms with Crippen molar-refractivity contribution >= 4 is 0 Å². The summed E-state index contributed by atoms with van der Waals surface area (Å²) in [6.07, 6.45) is 4.13. The second kappa shape index (κ2) is 6.48. The highest BCUT2D eigenvalue weighted by atomic mass is 15.3. The lowest BCUT2D eigenvalue weighted by Crippen LogP contribution is -2.57.